The standard InChI is InChI=1S/C19H22ClN5O/c1-4-8-22-14-10-12(18(21)26)5-6-15(14)25-19-16(13(20)7-9-23-19)17(24-25)11(2)3/h5-7,9-11,22H,4,8H2,1-3H3,(H2,21,26). The number of carbonyl (C=O) groups excluding carboxylic acids is 1. The fourth-order valence-corrected chi connectivity index (χ4v) is 3.12. The lowest BCUT2D eigenvalue weighted by Gasteiger charge is -2.13. The lowest BCUT2D eigenvalue weighted by molar-refractivity contribution is 0.100. The number of aromatic nitrogens is 3. The fourth-order valence-electron chi connectivity index (χ4n) is 2.88. The summed E-state index contributed by atoms with van der Waals surface area (Å²) in [5, 5.41) is 9.60. The molecule has 0 aliphatic heterocycles. The molecule has 2 heterocycles. The molecule has 0 unspecified atom stereocenters. The van der Waals surface area contributed by atoms with Gasteiger partial charge < -0.3 is 11.1 Å². The van der Waals surface area contributed by atoms with E-state index < -0.39 is 5.91 Å². The van der Waals surface area contributed by atoms with E-state index in [-0.39, 0.29) is 5.92 Å². The number of anilines is 1. The summed E-state index contributed by atoms with van der Waals surface area (Å²) in [7, 11) is 0. The Labute approximate surface area is 157 Å². The van der Waals surface area contributed by atoms with Gasteiger partial charge in [-0.05, 0) is 36.6 Å². The molecule has 0 saturated carbocycles. The largest absolute Gasteiger partial charge is 0.383 e. The number of nitrogens with two attached hydrogens (primary N) is 1. The molecule has 0 radical (unpaired) electrons. The number of nitrogens with zero attached hydrogens (tertiary/aromatic N) is 3. The number of hydrogen-bond acceptors (Lipinski definition) is 4. The van der Waals surface area contributed by atoms with Crippen LogP contribution in [0.3, 0.4) is 0 Å². The molecule has 0 fully saturated rings. The quantitative estimate of drug-likeness (QED) is 0.682. The van der Waals surface area contributed by atoms with E-state index in [0.717, 1.165) is 35.4 Å². The van der Waals surface area contributed by atoms with Crippen molar-refractivity contribution in [3.05, 3.63) is 46.7 Å². The van der Waals surface area contributed by atoms with Crippen LogP contribution in [-0.4, -0.2) is 27.2 Å². The summed E-state index contributed by atoms with van der Waals surface area (Å²) in [6.07, 6.45) is 2.62. The maximum Gasteiger partial charge on any atom is 0.248 e. The highest BCUT2D eigenvalue weighted by atomic mass is 35.5. The van der Waals surface area contributed by atoms with Crippen molar-refractivity contribution in [1.29, 1.82) is 0 Å². The fraction of sp³-hybridized carbons (Fsp3) is 0.316. The average molecular weight is 372 g/mol. The van der Waals surface area contributed by atoms with Crippen molar-refractivity contribution in [1.82, 2.24) is 14.8 Å². The van der Waals surface area contributed by atoms with Gasteiger partial charge in [-0.25, -0.2) is 9.67 Å². The zero-order valence-electron chi connectivity index (χ0n) is 15.1. The van der Waals surface area contributed by atoms with Gasteiger partial charge in [-0.3, -0.25) is 4.79 Å². The predicted octanol–water partition coefficient (Wildman–Crippen LogP) is 4.12. The third-order valence-corrected chi connectivity index (χ3v) is 4.48. The number of halogens is 1. The highest BCUT2D eigenvalue weighted by molar-refractivity contribution is 6.35. The third-order valence-electron chi connectivity index (χ3n) is 4.17. The van der Waals surface area contributed by atoms with Gasteiger partial charge in [0.2, 0.25) is 5.91 Å². The molecule has 26 heavy (non-hydrogen) atoms. The molecule has 1 aromatic carbocycles. The normalized spacial score (nSPS) is 11.3. The van der Waals surface area contributed by atoms with Crippen LogP contribution in [-0.2, 0) is 0 Å². The van der Waals surface area contributed by atoms with Gasteiger partial charge in [0.15, 0.2) is 5.65 Å². The Morgan fingerprint density at radius 1 is 1.35 bits per heavy atom. The Bertz CT molecular complexity index is 964. The van der Waals surface area contributed by atoms with E-state index in [1.165, 1.54) is 0 Å². The first-order valence-electron chi connectivity index (χ1n) is 8.65. The number of nitrogens with one attached hydrogen (secondary N) is 1. The van der Waals surface area contributed by atoms with Gasteiger partial charge in [0, 0.05) is 18.3 Å². The second kappa shape index (κ2) is 7.33. The molecule has 136 valence electrons. The summed E-state index contributed by atoms with van der Waals surface area (Å²) in [6, 6.07) is 7.05. The third kappa shape index (κ3) is 3.24. The number of hydrogen-bond donors (Lipinski definition) is 2. The van der Waals surface area contributed by atoms with Gasteiger partial charge in [0.05, 0.1) is 27.5 Å². The summed E-state index contributed by atoms with van der Waals surface area (Å²) >= 11 is 6.43. The molecule has 0 aliphatic rings. The summed E-state index contributed by atoms with van der Waals surface area (Å²) < 4.78 is 1.78. The van der Waals surface area contributed by atoms with Gasteiger partial charge in [0.25, 0.3) is 0 Å². The molecule has 3 N–H and O–H groups in total. The molecule has 1 amide bonds. The molecule has 3 aromatic rings. The minimum Gasteiger partial charge on any atom is -0.383 e. The van der Waals surface area contributed by atoms with Crippen LogP contribution in [0.25, 0.3) is 16.7 Å². The first-order valence-corrected chi connectivity index (χ1v) is 9.03. The highest BCUT2D eigenvalue weighted by Crippen LogP contribution is 2.33. The zero-order valence-corrected chi connectivity index (χ0v) is 15.8. The highest BCUT2D eigenvalue weighted by Gasteiger charge is 2.20. The summed E-state index contributed by atoms with van der Waals surface area (Å²) in [6.45, 7) is 6.98. The van der Waals surface area contributed by atoms with Crippen LogP contribution in [0.15, 0.2) is 30.5 Å². The zero-order chi connectivity index (χ0) is 18.8. The summed E-state index contributed by atoms with van der Waals surface area (Å²) in [4.78, 5) is 16.1. The van der Waals surface area contributed by atoms with Crippen molar-refractivity contribution in [2.24, 2.45) is 5.73 Å². The molecule has 2 aromatic heterocycles. The van der Waals surface area contributed by atoms with Crippen molar-refractivity contribution in [2.75, 3.05) is 11.9 Å². The number of carbonyl (C=O) groups is 1. The number of primary amides is 1. The lowest BCUT2D eigenvalue weighted by atomic mass is 10.1. The van der Waals surface area contributed by atoms with Gasteiger partial charge in [-0.1, -0.05) is 32.4 Å². The smallest absolute Gasteiger partial charge is 0.248 e. The van der Waals surface area contributed by atoms with Gasteiger partial charge in [-0.15, -0.1) is 0 Å². The average Bonchev–Trinajstić information content (AvgIpc) is 3.00. The van der Waals surface area contributed by atoms with Crippen LogP contribution >= 0.6 is 11.6 Å². The van der Waals surface area contributed by atoms with E-state index in [2.05, 4.69) is 31.1 Å². The monoisotopic (exact) mass is 371 g/mol. The van der Waals surface area contributed by atoms with Crippen LogP contribution in [0.1, 0.15) is 49.2 Å². The predicted molar refractivity (Wildman–Crippen MR) is 105 cm³/mol. The Morgan fingerprint density at radius 3 is 2.77 bits per heavy atom. The van der Waals surface area contributed by atoms with Crippen LogP contribution in [0, 0.1) is 0 Å². The van der Waals surface area contributed by atoms with Crippen LogP contribution in [0.2, 0.25) is 5.02 Å². The minimum atomic E-state index is -0.467. The van der Waals surface area contributed by atoms with E-state index in [1.54, 1.807) is 29.1 Å². The Morgan fingerprint density at radius 2 is 2.12 bits per heavy atom. The van der Waals surface area contributed by atoms with Gasteiger partial charge in [0.1, 0.15) is 0 Å². The maximum atomic E-state index is 11.6. The van der Waals surface area contributed by atoms with E-state index in [1.807, 2.05) is 6.07 Å². The van der Waals surface area contributed by atoms with Crippen molar-refractivity contribution in [2.45, 2.75) is 33.1 Å². The SMILES string of the molecule is CCCNc1cc(C(N)=O)ccc1-n1nc(C(C)C)c2c(Cl)ccnc21. The Hall–Kier alpha value is -2.60. The van der Waals surface area contributed by atoms with Crippen LogP contribution < -0.4 is 11.1 Å². The summed E-state index contributed by atoms with van der Waals surface area (Å²) in [5.74, 6) is -0.275. The van der Waals surface area contributed by atoms with Crippen molar-refractivity contribution in [3.63, 3.8) is 0 Å². The van der Waals surface area contributed by atoms with Crippen molar-refractivity contribution < 1.29 is 4.79 Å². The molecule has 0 aliphatic carbocycles. The minimum absolute atomic E-state index is 0.192. The molecular weight excluding hydrogens is 350 g/mol. The van der Waals surface area contributed by atoms with E-state index in [4.69, 9.17) is 22.4 Å². The van der Waals surface area contributed by atoms with E-state index in [9.17, 15) is 4.79 Å². The lowest BCUT2D eigenvalue weighted by Crippen LogP contribution is -2.13. The Kier molecular flexibility index (Phi) is 5.13. The molecule has 0 saturated heterocycles. The summed E-state index contributed by atoms with van der Waals surface area (Å²) in [5.41, 5.74) is 9.04. The number of fused-ring (bicyclic) bond motifs is 1. The number of amides is 1. The Balaban J connectivity index is 2.26. The van der Waals surface area contributed by atoms with Crippen LogP contribution in [0.4, 0.5) is 5.69 Å². The molecule has 0 spiro atoms. The second-order valence-corrected chi connectivity index (χ2v) is 6.87. The van der Waals surface area contributed by atoms with Gasteiger partial charge >= 0.3 is 0 Å². The van der Waals surface area contributed by atoms with E-state index in [0.29, 0.717) is 16.2 Å². The molecule has 6 nitrogen and oxygen atoms in total. The van der Waals surface area contributed by atoms with Crippen LogP contribution in [0.5, 0.6) is 0 Å². The molecule has 3 rings (SSSR count). The van der Waals surface area contributed by atoms with Crippen molar-refractivity contribution >= 4 is 34.2 Å². The molecule has 0 bridgehead atoms. The number of rotatable bonds is 6. The number of pyridine rings is 1. The first-order chi connectivity index (χ1) is 12.4. The molecule has 7 heteroatoms. The van der Waals surface area contributed by atoms with E-state index >= 15 is 0 Å². The first kappa shape index (κ1) is 18.2. The topological polar surface area (TPSA) is 85.8 Å². The molecule has 0 atom stereocenters. The second-order valence-electron chi connectivity index (χ2n) is 6.47. The number of benzene rings is 1. The van der Waals surface area contributed by atoms with Crippen molar-refractivity contribution in [3.8, 4) is 5.69 Å². The van der Waals surface area contributed by atoms with Gasteiger partial charge in [-0.2, -0.15) is 5.10 Å². The molecular formula is C19H22ClN5O. The maximum absolute atomic E-state index is 11.6.